The van der Waals surface area contributed by atoms with Crippen molar-refractivity contribution in [1.82, 2.24) is 4.90 Å². The molecule has 1 fully saturated rings. The summed E-state index contributed by atoms with van der Waals surface area (Å²) in [6.07, 6.45) is 1.46. The van der Waals surface area contributed by atoms with Crippen LogP contribution >= 0.6 is 11.6 Å². The van der Waals surface area contributed by atoms with Gasteiger partial charge in [0, 0.05) is 24.2 Å². The van der Waals surface area contributed by atoms with Gasteiger partial charge < -0.3 is 4.74 Å². The second kappa shape index (κ2) is 7.24. The lowest BCUT2D eigenvalue weighted by atomic mass is 10.0. The fraction of sp³-hybridized carbons (Fsp3) is 0.316. The molecule has 1 amide bonds. The van der Waals surface area contributed by atoms with Gasteiger partial charge in [0.15, 0.2) is 6.23 Å². The molecule has 0 radical (unpaired) electrons. The topological polar surface area (TPSA) is 32.8 Å². The molecule has 2 aromatic rings. The van der Waals surface area contributed by atoms with Crippen LogP contribution in [0.4, 0.5) is 10.5 Å². The molecule has 0 unspecified atom stereocenters. The van der Waals surface area contributed by atoms with E-state index >= 15 is 0 Å². The maximum atomic E-state index is 12.5. The fourth-order valence-corrected chi connectivity index (χ4v) is 3.09. The zero-order valence-electron chi connectivity index (χ0n) is 13.9. The summed E-state index contributed by atoms with van der Waals surface area (Å²) in [6.45, 7) is 0.961. The van der Waals surface area contributed by atoms with E-state index in [1.807, 2.05) is 55.6 Å². The third-order valence-electron chi connectivity index (χ3n) is 4.38. The number of amides is 1. The average molecular weight is 345 g/mol. The molecule has 1 saturated heterocycles. The number of likely N-dealkylation sites (tertiary alicyclic amines) is 1. The van der Waals surface area contributed by atoms with Gasteiger partial charge in [-0.2, -0.15) is 0 Å². The van der Waals surface area contributed by atoms with Crippen LogP contribution in [-0.4, -0.2) is 37.9 Å². The van der Waals surface area contributed by atoms with Gasteiger partial charge in [-0.25, -0.2) is 4.79 Å². The lowest BCUT2D eigenvalue weighted by Gasteiger charge is -2.25. The van der Waals surface area contributed by atoms with Crippen LogP contribution in [0.1, 0.15) is 12.8 Å². The summed E-state index contributed by atoms with van der Waals surface area (Å²) < 4.78 is 5.64. The van der Waals surface area contributed by atoms with Crippen LogP contribution in [0.3, 0.4) is 0 Å². The molecule has 0 spiro atoms. The van der Waals surface area contributed by atoms with Gasteiger partial charge in [0.2, 0.25) is 0 Å². The Morgan fingerprint density at radius 2 is 1.92 bits per heavy atom. The molecule has 3 rings (SSSR count). The first-order valence-corrected chi connectivity index (χ1v) is 8.43. The highest BCUT2D eigenvalue weighted by atomic mass is 35.5. The first-order valence-electron chi connectivity index (χ1n) is 8.06. The number of halogens is 1. The number of benzene rings is 2. The summed E-state index contributed by atoms with van der Waals surface area (Å²) in [5.41, 5.74) is 2.78. The molecule has 0 aliphatic carbocycles. The zero-order chi connectivity index (χ0) is 17.1. The Morgan fingerprint density at radius 1 is 1.21 bits per heavy atom. The van der Waals surface area contributed by atoms with E-state index in [4.69, 9.17) is 16.3 Å². The van der Waals surface area contributed by atoms with Gasteiger partial charge in [-0.1, -0.05) is 41.9 Å². The number of anilines is 1. The molecule has 0 N–H and O–H groups in total. The third kappa shape index (κ3) is 3.55. The highest BCUT2D eigenvalue weighted by Gasteiger charge is 2.27. The number of hydrogen-bond acceptors (Lipinski definition) is 3. The van der Waals surface area contributed by atoms with Crippen LogP contribution in [0, 0.1) is 0 Å². The highest BCUT2D eigenvalue weighted by Crippen LogP contribution is 2.31. The molecule has 126 valence electrons. The summed E-state index contributed by atoms with van der Waals surface area (Å²) >= 11 is 5.97. The lowest BCUT2D eigenvalue weighted by Crippen LogP contribution is -2.36. The predicted octanol–water partition coefficient (Wildman–Crippen LogP) is 4.63. The van der Waals surface area contributed by atoms with E-state index in [-0.39, 0.29) is 12.3 Å². The molecule has 5 heteroatoms. The maximum absolute atomic E-state index is 12.5. The largest absolute Gasteiger partial charge is 0.430 e. The quantitative estimate of drug-likeness (QED) is 0.813. The minimum Gasteiger partial charge on any atom is -0.430 e. The van der Waals surface area contributed by atoms with Crippen molar-refractivity contribution in [3.63, 3.8) is 0 Å². The van der Waals surface area contributed by atoms with Crippen molar-refractivity contribution in [3.8, 4) is 11.1 Å². The summed E-state index contributed by atoms with van der Waals surface area (Å²) in [4.78, 5) is 16.2. The van der Waals surface area contributed by atoms with E-state index in [2.05, 4.69) is 4.90 Å². The van der Waals surface area contributed by atoms with E-state index in [0.717, 1.165) is 36.2 Å². The van der Waals surface area contributed by atoms with Gasteiger partial charge in [0.05, 0.1) is 5.69 Å². The Morgan fingerprint density at radius 3 is 2.58 bits per heavy atom. The Labute approximate surface area is 147 Å². The maximum Gasteiger partial charge on any atom is 0.415 e. The minimum absolute atomic E-state index is 0.136. The van der Waals surface area contributed by atoms with Gasteiger partial charge in [0.25, 0.3) is 0 Å². The van der Waals surface area contributed by atoms with Crippen molar-refractivity contribution in [2.45, 2.75) is 19.1 Å². The van der Waals surface area contributed by atoms with E-state index in [1.54, 1.807) is 11.9 Å². The van der Waals surface area contributed by atoms with Gasteiger partial charge >= 0.3 is 6.09 Å². The fourth-order valence-electron chi connectivity index (χ4n) is 2.96. The van der Waals surface area contributed by atoms with Crippen LogP contribution in [-0.2, 0) is 4.74 Å². The first kappa shape index (κ1) is 16.8. The molecule has 1 aliphatic heterocycles. The molecular weight excluding hydrogens is 324 g/mol. The number of hydrogen-bond donors (Lipinski definition) is 0. The lowest BCUT2D eigenvalue weighted by molar-refractivity contribution is 0.0315. The van der Waals surface area contributed by atoms with E-state index in [1.165, 1.54) is 0 Å². The number of rotatable bonds is 3. The number of para-hydroxylation sites is 1. The van der Waals surface area contributed by atoms with Gasteiger partial charge in [-0.15, -0.1) is 0 Å². The second-order valence-electron chi connectivity index (χ2n) is 6.04. The molecule has 4 nitrogen and oxygen atoms in total. The molecule has 0 bridgehead atoms. The Kier molecular flexibility index (Phi) is 5.07. The number of nitrogens with zero attached hydrogens (tertiary/aromatic N) is 2. The number of carbonyl (C=O) groups excluding carboxylic acids is 1. The second-order valence-corrected chi connectivity index (χ2v) is 6.48. The van der Waals surface area contributed by atoms with Crippen LogP contribution in [0.15, 0.2) is 48.5 Å². The minimum atomic E-state index is -0.338. The Hall–Kier alpha value is -2.04. The molecule has 1 atom stereocenters. The molecule has 1 heterocycles. The van der Waals surface area contributed by atoms with Crippen molar-refractivity contribution in [3.05, 3.63) is 53.6 Å². The Balaban J connectivity index is 1.83. The van der Waals surface area contributed by atoms with Crippen LogP contribution in [0.25, 0.3) is 11.1 Å². The van der Waals surface area contributed by atoms with Crippen LogP contribution in [0.5, 0.6) is 0 Å². The highest BCUT2D eigenvalue weighted by molar-refractivity contribution is 6.30. The smallest absolute Gasteiger partial charge is 0.415 e. The van der Waals surface area contributed by atoms with Gasteiger partial charge in [-0.05, 0) is 43.7 Å². The Bertz CT molecular complexity index is 718. The van der Waals surface area contributed by atoms with E-state index in [9.17, 15) is 4.79 Å². The summed E-state index contributed by atoms with van der Waals surface area (Å²) in [5, 5.41) is 0.688. The van der Waals surface area contributed by atoms with Crippen molar-refractivity contribution >= 4 is 23.4 Å². The van der Waals surface area contributed by atoms with E-state index in [0.29, 0.717) is 5.02 Å². The van der Waals surface area contributed by atoms with Crippen molar-refractivity contribution in [1.29, 1.82) is 0 Å². The van der Waals surface area contributed by atoms with Gasteiger partial charge in [0.1, 0.15) is 0 Å². The number of ether oxygens (including phenoxy) is 1. The normalized spacial score (nSPS) is 17.7. The molecular formula is C19H21ClN2O2. The summed E-state index contributed by atoms with van der Waals surface area (Å²) in [7, 11) is 3.72. The van der Waals surface area contributed by atoms with Crippen molar-refractivity contribution < 1.29 is 9.53 Å². The monoisotopic (exact) mass is 344 g/mol. The summed E-state index contributed by atoms with van der Waals surface area (Å²) in [6, 6.07) is 15.4. The molecule has 0 saturated carbocycles. The van der Waals surface area contributed by atoms with Crippen molar-refractivity contribution in [2.75, 3.05) is 25.5 Å². The summed E-state index contributed by atoms with van der Waals surface area (Å²) in [5.74, 6) is 0. The SMILES string of the molecule is CN(C(=O)O[C@H]1CCCN1C)c1ccccc1-c1ccc(Cl)cc1. The third-order valence-corrected chi connectivity index (χ3v) is 4.64. The molecule has 2 aromatic carbocycles. The van der Waals surface area contributed by atoms with Crippen LogP contribution < -0.4 is 4.90 Å². The molecule has 24 heavy (non-hydrogen) atoms. The van der Waals surface area contributed by atoms with Crippen molar-refractivity contribution in [2.24, 2.45) is 0 Å². The van der Waals surface area contributed by atoms with E-state index < -0.39 is 0 Å². The average Bonchev–Trinajstić information content (AvgIpc) is 3.00. The number of carbonyl (C=O) groups is 1. The zero-order valence-corrected chi connectivity index (χ0v) is 14.7. The molecule has 0 aromatic heterocycles. The molecule has 1 aliphatic rings. The standard InChI is InChI=1S/C19H21ClN2O2/c1-21-13-5-8-18(21)24-19(23)22(2)17-7-4-3-6-16(17)14-9-11-15(20)12-10-14/h3-4,6-7,9-12,18H,5,8,13H2,1-2H3/t18-/m0/s1. The first-order chi connectivity index (χ1) is 11.6. The predicted molar refractivity (Wildman–Crippen MR) is 97.4 cm³/mol. The van der Waals surface area contributed by atoms with Crippen LogP contribution in [0.2, 0.25) is 5.02 Å². The van der Waals surface area contributed by atoms with Gasteiger partial charge in [-0.3, -0.25) is 9.80 Å².